The molecule has 4 fully saturated rings. The van der Waals surface area contributed by atoms with E-state index in [0.717, 1.165) is 155 Å². The van der Waals surface area contributed by atoms with Crippen LogP contribution in [0.2, 0.25) is 0 Å². The second-order valence-corrected chi connectivity index (χ2v) is 31.1. The number of ketones is 1. The Morgan fingerprint density at radius 3 is 1.57 bits per heavy atom. The van der Waals surface area contributed by atoms with Gasteiger partial charge in [-0.1, -0.05) is 130 Å². The SMILES string of the molecule is C=CC1(O)c2cc(Br)ccc2CC12CCC(OC)CC2.COC1CCC2(CC1)Cc1ccc(Br)cc1/C2=C/CSC(=N)N.COC1CCC2(CC1)Cc1ccc(Br)cc1C21CCSC(N)=N1.COC1CCC2(CC1)Cc1ccc(Br)cc1C2=O. The molecule has 4 saturated carbocycles. The molecule has 0 saturated heterocycles. The lowest BCUT2D eigenvalue weighted by Gasteiger charge is -2.49. The van der Waals surface area contributed by atoms with E-state index in [1.54, 1.807) is 32.1 Å². The molecule has 452 valence electrons. The molecule has 2 atom stereocenters. The Balaban J connectivity index is 0.000000125. The fourth-order valence-corrected chi connectivity index (χ4v) is 19.3. The quantitative estimate of drug-likeness (QED) is 0.0796. The highest BCUT2D eigenvalue weighted by molar-refractivity contribution is 9.11. The lowest BCUT2D eigenvalue weighted by molar-refractivity contribution is -0.0820. The third kappa shape index (κ3) is 12.6. The average molecular weight is 1440 g/mol. The number of nitrogens with zero attached hydrogens (tertiary/aromatic N) is 1. The van der Waals surface area contributed by atoms with Gasteiger partial charge in [0.2, 0.25) is 0 Å². The van der Waals surface area contributed by atoms with Crippen molar-refractivity contribution in [2.75, 3.05) is 39.9 Å². The summed E-state index contributed by atoms with van der Waals surface area (Å²) >= 11 is 17.3. The number of fused-ring (bicyclic) bond motifs is 6. The molecule has 2 unspecified atom stereocenters. The summed E-state index contributed by atoms with van der Waals surface area (Å²) in [5, 5.41) is 19.7. The Morgan fingerprint density at radius 1 is 0.631 bits per heavy atom. The van der Waals surface area contributed by atoms with Crippen LogP contribution in [-0.2, 0) is 55.8 Å². The number of thioether (sulfide) groups is 2. The molecule has 4 aromatic rings. The molecule has 13 rings (SSSR count). The van der Waals surface area contributed by atoms with Crippen LogP contribution >= 0.6 is 87.2 Å². The van der Waals surface area contributed by atoms with E-state index in [-0.39, 0.29) is 32.4 Å². The van der Waals surface area contributed by atoms with Gasteiger partial charge in [-0.15, -0.1) is 0 Å². The van der Waals surface area contributed by atoms with Crippen molar-refractivity contribution in [3.63, 3.8) is 0 Å². The summed E-state index contributed by atoms with van der Waals surface area (Å²) < 4.78 is 26.3. The Kier molecular flexibility index (Phi) is 20.6. The van der Waals surface area contributed by atoms with Gasteiger partial charge < -0.3 is 35.5 Å². The minimum atomic E-state index is -0.912. The van der Waals surface area contributed by atoms with E-state index in [1.807, 2.05) is 32.4 Å². The van der Waals surface area contributed by atoms with Gasteiger partial charge in [0, 0.05) is 79.6 Å². The summed E-state index contributed by atoms with van der Waals surface area (Å²) in [4.78, 5) is 17.8. The molecule has 10 nitrogen and oxygen atoms in total. The number of methoxy groups -OCH3 is 4. The van der Waals surface area contributed by atoms with Crippen molar-refractivity contribution in [2.45, 2.75) is 170 Å². The predicted molar refractivity (Wildman–Crippen MR) is 359 cm³/mol. The van der Waals surface area contributed by atoms with E-state index in [9.17, 15) is 9.90 Å². The topological polar surface area (TPSA) is 162 Å². The number of ether oxygens (including phenoxy) is 4. The largest absolute Gasteiger partial charge is 0.381 e. The van der Waals surface area contributed by atoms with Gasteiger partial charge in [0.15, 0.2) is 16.1 Å². The number of allylic oxidation sites excluding steroid dienone is 1. The molecule has 1 heterocycles. The molecule has 8 aliphatic carbocycles. The Bertz CT molecular complexity index is 3140. The molecule has 5 spiro atoms. The van der Waals surface area contributed by atoms with Crippen LogP contribution in [0.15, 0.2) is 114 Å². The maximum atomic E-state index is 12.7. The van der Waals surface area contributed by atoms with E-state index in [1.165, 1.54) is 76.4 Å². The van der Waals surface area contributed by atoms with Gasteiger partial charge in [-0.3, -0.25) is 15.2 Å². The molecular weight excluding hydrogens is 1350 g/mol. The van der Waals surface area contributed by atoms with E-state index in [4.69, 9.17) is 40.8 Å². The molecule has 84 heavy (non-hydrogen) atoms. The first-order valence-corrected chi connectivity index (χ1v) is 35.3. The van der Waals surface area contributed by atoms with E-state index >= 15 is 0 Å². The first kappa shape index (κ1) is 64.4. The van der Waals surface area contributed by atoms with Gasteiger partial charge in [0.05, 0.1) is 30.0 Å². The maximum Gasteiger partial charge on any atom is 0.169 e. The highest BCUT2D eigenvalue weighted by Gasteiger charge is 2.60. The second kappa shape index (κ2) is 26.8. The lowest BCUT2D eigenvalue weighted by Crippen LogP contribution is -2.47. The van der Waals surface area contributed by atoms with Crippen LogP contribution in [0.5, 0.6) is 0 Å². The summed E-state index contributed by atoms with van der Waals surface area (Å²) in [5.41, 5.74) is 22.5. The number of aliphatic imine (C=N–C) groups is 1. The van der Waals surface area contributed by atoms with Crippen molar-refractivity contribution < 1.29 is 28.8 Å². The van der Waals surface area contributed by atoms with Crippen LogP contribution in [0, 0.1) is 27.1 Å². The number of nitrogens with one attached hydrogen (secondary N) is 1. The van der Waals surface area contributed by atoms with Gasteiger partial charge in [0.25, 0.3) is 0 Å². The number of amidine groups is 2. The zero-order valence-corrected chi connectivity index (χ0v) is 57.3. The first-order valence-electron chi connectivity index (χ1n) is 30.1. The van der Waals surface area contributed by atoms with Crippen LogP contribution in [0.4, 0.5) is 0 Å². The lowest BCUT2D eigenvalue weighted by atomic mass is 9.60. The summed E-state index contributed by atoms with van der Waals surface area (Å²) in [5.74, 6) is 2.19. The smallest absolute Gasteiger partial charge is 0.169 e. The van der Waals surface area contributed by atoms with Crippen molar-refractivity contribution in [1.82, 2.24) is 0 Å². The van der Waals surface area contributed by atoms with Crippen molar-refractivity contribution in [1.29, 1.82) is 5.41 Å². The molecule has 9 aliphatic rings. The summed E-state index contributed by atoms with van der Waals surface area (Å²) in [6.07, 6.45) is 28.0. The van der Waals surface area contributed by atoms with E-state index < -0.39 is 5.60 Å². The van der Waals surface area contributed by atoms with Crippen molar-refractivity contribution >= 4 is 109 Å². The standard InChI is InChI=1S/2C18H23BrN2OS.C17H21BrO2.C15H17BrO2/c1-22-14-4-6-17(7-5-14)11-12-2-3-13(19)10-15(12)18(17)8-9-23-16(20)21-18;1-22-14-4-7-18(8-5-14)11-12-2-3-13(19)10-15(12)16(18)6-9-23-17(20)21;1-3-17(19)15-10-13(18)5-4-12(15)11-16(17)8-6-14(20-2)7-9-16;1-18-12-4-6-15(7-5-12)9-10-2-3-11(16)8-13(10)14(15)17/h2-3,10,14H,4-9,11H2,1H3,(H2,20,21);2-3,6,10,14H,4-5,7-9,11H2,1H3,(H3,20,21);3-5,10,14,19H,1,6-9,11H2,2H3;2-3,8,12H,4-7,9H2,1H3/b;16-6-;;. The zero-order valence-electron chi connectivity index (χ0n) is 49.3. The zero-order chi connectivity index (χ0) is 59.7. The van der Waals surface area contributed by atoms with Crippen LogP contribution < -0.4 is 11.5 Å². The van der Waals surface area contributed by atoms with Gasteiger partial charge in [-0.2, -0.15) is 0 Å². The van der Waals surface area contributed by atoms with Crippen LogP contribution in [-0.4, -0.2) is 85.6 Å². The molecule has 0 radical (unpaired) electrons. The highest BCUT2D eigenvalue weighted by Crippen LogP contribution is 2.64. The van der Waals surface area contributed by atoms with Crippen LogP contribution in [0.25, 0.3) is 5.57 Å². The molecule has 6 N–H and O–H groups in total. The minimum Gasteiger partial charge on any atom is -0.381 e. The van der Waals surface area contributed by atoms with Crippen molar-refractivity contribution in [2.24, 2.45) is 38.1 Å². The fourth-order valence-electron chi connectivity index (χ4n) is 16.6. The highest BCUT2D eigenvalue weighted by atomic mass is 79.9. The number of aliphatic hydroxyl groups is 1. The Hall–Kier alpha value is -2.61. The maximum absolute atomic E-state index is 12.7. The van der Waals surface area contributed by atoms with Crippen LogP contribution in [0.3, 0.4) is 0 Å². The Morgan fingerprint density at radius 2 is 1.06 bits per heavy atom. The summed E-state index contributed by atoms with van der Waals surface area (Å²) in [6, 6.07) is 25.7. The van der Waals surface area contributed by atoms with Crippen LogP contribution in [0.1, 0.15) is 158 Å². The number of Topliss-reactive ketones (excluding diaryl/α,β-unsaturated/α-hetero) is 1. The molecule has 1 aliphatic heterocycles. The molecule has 0 bridgehead atoms. The number of rotatable bonds is 7. The average Bonchev–Trinajstić information content (AvgIpc) is 1.60. The van der Waals surface area contributed by atoms with E-state index in [0.29, 0.717) is 30.2 Å². The summed E-state index contributed by atoms with van der Waals surface area (Å²) in [7, 11) is 7.21. The normalized spacial score (nSPS) is 32.8. The second-order valence-electron chi connectivity index (χ2n) is 25.3. The number of hydrogen-bond acceptors (Lipinski definition) is 11. The number of halogens is 4. The number of carbonyl (C=O) groups excluding carboxylic acids is 1. The third-order valence-electron chi connectivity index (χ3n) is 21.3. The molecular formula is C68H84Br4N4O6S2. The predicted octanol–water partition coefficient (Wildman–Crippen LogP) is 16.5. The van der Waals surface area contributed by atoms with Crippen molar-refractivity contribution in [3.05, 3.63) is 154 Å². The molecule has 4 aromatic carbocycles. The molecule has 0 amide bonds. The summed E-state index contributed by atoms with van der Waals surface area (Å²) in [6.45, 7) is 3.94. The number of benzene rings is 4. The molecule has 16 heteroatoms. The third-order valence-corrected chi connectivity index (χ3v) is 24.7. The van der Waals surface area contributed by atoms with Gasteiger partial charge in [-0.05, 0) is 233 Å². The number of hydrogen-bond donors (Lipinski definition) is 4. The number of carbonyl (C=O) groups is 1. The fraction of sp³-hybridized carbons (Fsp3) is 0.544. The minimum absolute atomic E-state index is 0.104. The van der Waals surface area contributed by atoms with Gasteiger partial charge in [-0.25, -0.2) is 0 Å². The number of nitrogens with two attached hydrogens (primary N) is 2. The van der Waals surface area contributed by atoms with E-state index in [2.05, 4.69) is 131 Å². The van der Waals surface area contributed by atoms with Gasteiger partial charge in [0.1, 0.15) is 5.60 Å². The Labute approximate surface area is 541 Å². The monoisotopic (exact) mass is 1430 g/mol. The molecule has 0 aromatic heterocycles. The first-order chi connectivity index (χ1) is 40.3. The van der Waals surface area contributed by atoms with Gasteiger partial charge >= 0.3 is 0 Å². The van der Waals surface area contributed by atoms with Crippen molar-refractivity contribution in [3.8, 4) is 0 Å².